The first-order valence-corrected chi connectivity index (χ1v) is 3.52. The van der Waals surface area contributed by atoms with E-state index >= 15 is 0 Å². The van der Waals surface area contributed by atoms with Crippen molar-refractivity contribution in [3.8, 4) is 0 Å². The summed E-state index contributed by atoms with van der Waals surface area (Å²) in [7, 11) is 6.53. The molecule has 0 fully saturated rings. The van der Waals surface area contributed by atoms with E-state index in [0.717, 1.165) is 16.7 Å². The zero-order chi connectivity index (χ0) is 7.33. The topological polar surface area (TPSA) is 0 Å². The fourth-order valence-electron chi connectivity index (χ4n) is 0.539. The van der Waals surface area contributed by atoms with Gasteiger partial charge in [0, 0.05) is 6.42 Å². The fourth-order valence-corrected chi connectivity index (χ4v) is 0.668. The average molecular weight is 216 g/mol. The van der Waals surface area contributed by atoms with E-state index in [9.17, 15) is 0 Å². The molecule has 0 bridgehead atoms. The van der Waals surface area contributed by atoms with Crippen LogP contribution >= 0.6 is 12.5 Å². The molecule has 0 heterocycles. The summed E-state index contributed by atoms with van der Waals surface area (Å²) in [5, 5.41) is 0. The van der Waals surface area contributed by atoms with Gasteiger partial charge in [0.2, 0.25) is 0 Å². The van der Waals surface area contributed by atoms with Crippen molar-refractivity contribution in [3.05, 3.63) is 0 Å². The third-order valence-corrected chi connectivity index (χ3v) is 1.26. The number of nitrogens with zero attached hydrogens (tertiary/aromatic N) is 1. The molecule has 9 heavy (non-hydrogen) atoms. The molecule has 58 valence electrons. The van der Waals surface area contributed by atoms with E-state index in [-0.39, 0.29) is 17.0 Å². The second-order valence-corrected chi connectivity index (χ2v) is 3.48. The molecule has 0 aromatic rings. The standard InChI is InChI=1S/C6H15NS.BrH/c1-7(2,3)5-4-6-8;/h4-6H2,1-3H3;1H/i/hT. The van der Waals surface area contributed by atoms with Gasteiger partial charge < -0.3 is 21.5 Å². The second-order valence-electron chi connectivity index (χ2n) is 3.07. The van der Waals surface area contributed by atoms with Gasteiger partial charge >= 0.3 is 0 Å². The van der Waals surface area contributed by atoms with Gasteiger partial charge in [0.1, 0.15) is 1.12 Å². The van der Waals surface area contributed by atoms with E-state index < -0.39 is 0 Å². The van der Waals surface area contributed by atoms with Gasteiger partial charge in [-0.15, -0.1) is 0 Å². The highest BCUT2D eigenvalue weighted by molar-refractivity contribution is 7.80. The lowest BCUT2D eigenvalue weighted by Crippen LogP contribution is -3.00. The third-order valence-electron chi connectivity index (χ3n) is 0.973. The van der Waals surface area contributed by atoms with Gasteiger partial charge in [0.05, 0.1) is 27.7 Å². The van der Waals surface area contributed by atoms with E-state index in [4.69, 9.17) is 1.12 Å². The van der Waals surface area contributed by atoms with Crippen molar-refractivity contribution in [1.82, 2.24) is 0 Å². The predicted molar refractivity (Wildman–Crippen MR) is 41.4 cm³/mol. The molecule has 0 atom stereocenters. The van der Waals surface area contributed by atoms with Crippen LogP contribution in [0.25, 0.3) is 0 Å². The molecule has 0 unspecified atom stereocenters. The van der Waals surface area contributed by atoms with Crippen LogP contribution in [-0.4, -0.2) is 39.0 Å². The van der Waals surface area contributed by atoms with Crippen LogP contribution in [0.3, 0.4) is 0 Å². The molecule has 0 aromatic carbocycles. The Bertz CT molecular complexity index is 74.6. The van der Waals surface area contributed by atoms with Gasteiger partial charge in [-0.1, -0.05) is 0 Å². The predicted octanol–water partition coefficient (Wildman–Crippen LogP) is -1.98. The Morgan fingerprint density at radius 3 is 2.33 bits per heavy atom. The molecule has 3 heteroatoms. The summed E-state index contributed by atoms with van der Waals surface area (Å²) in [5.41, 5.74) is 0. The first-order chi connectivity index (χ1) is 4.06. The van der Waals surface area contributed by atoms with Crippen LogP contribution in [0.4, 0.5) is 0 Å². The zero-order valence-corrected chi connectivity index (χ0v) is 8.76. The maximum absolute atomic E-state index is 6.82. The summed E-state index contributed by atoms with van der Waals surface area (Å²) >= 11 is 1.18. The lowest BCUT2D eigenvalue weighted by atomic mass is 10.4. The minimum absolute atomic E-state index is 0. The normalized spacial score (nSPS) is 12.1. The first-order valence-electron chi connectivity index (χ1n) is 3.35. The maximum atomic E-state index is 6.82. The molecule has 0 aliphatic carbocycles. The smallest absolute Gasteiger partial charge is 0.102 e. The summed E-state index contributed by atoms with van der Waals surface area (Å²) in [6.07, 6.45) is 1.15. The SMILES string of the molecule is [3H]SCCC[N+](C)(C)C.[Br-]. The minimum Gasteiger partial charge on any atom is -1.00 e. The third kappa shape index (κ3) is 12.1. The van der Waals surface area contributed by atoms with E-state index in [1.54, 1.807) is 0 Å². The Hall–Kier alpha value is 0.790. The molecule has 0 radical (unpaired) electrons. The molecule has 0 aliphatic heterocycles. The van der Waals surface area contributed by atoms with Crippen LogP contribution in [0, 0.1) is 0 Å². The summed E-state index contributed by atoms with van der Waals surface area (Å²) < 4.78 is 7.83. The highest BCUT2D eigenvalue weighted by Gasteiger charge is 2.03. The van der Waals surface area contributed by atoms with Crippen LogP contribution in [0.1, 0.15) is 6.42 Å². The molecule has 0 amide bonds. The van der Waals surface area contributed by atoms with Crippen molar-refractivity contribution >= 4 is 12.5 Å². The quantitative estimate of drug-likeness (QED) is 0.314. The molecule has 0 rings (SSSR count). The van der Waals surface area contributed by atoms with Gasteiger partial charge in [0.25, 0.3) is 0 Å². The number of thiol groups is 1. The second kappa shape index (κ2) is 5.57. The van der Waals surface area contributed by atoms with Crippen molar-refractivity contribution in [2.45, 2.75) is 6.42 Å². The Labute approximate surface area is 75.3 Å². The Morgan fingerprint density at radius 1 is 1.44 bits per heavy atom. The van der Waals surface area contributed by atoms with Crippen LogP contribution < -0.4 is 17.0 Å². The van der Waals surface area contributed by atoms with Gasteiger partial charge in [0.15, 0.2) is 0 Å². The number of hydrogen-bond donors (Lipinski definition) is 1. The van der Waals surface area contributed by atoms with E-state index in [0.29, 0.717) is 0 Å². The molecule has 0 aromatic heterocycles. The van der Waals surface area contributed by atoms with Gasteiger partial charge in [-0.25, -0.2) is 0 Å². The summed E-state index contributed by atoms with van der Waals surface area (Å²) in [4.78, 5) is 0. The molecule has 0 aliphatic rings. The van der Waals surface area contributed by atoms with Crippen LogP contribution in [0.2, 0.25) is 0 Å². The largest absolute Gasteiger partial charge is 1.00 e. The van der Waals surface area contributed by atoms with Gasteiger partial charge in [-0.05, 0) is 5.75 Å². The average Bonchev–Trinajstić information content (AvgIpc) is 1.63. The fraction of sp³-hybridized carbons (Fsp3) is 1.00. The Morgan fingerprint density at radius 2 is 2.00 bits per heavy atom. The van der Waals surface area contributed by atoms with E-state index in [1.807, 2.05) is 0 Å². The molecular formula is C6H16BrNS. The van der Waals surface area contributed by atoms with Crippen molar-refractivity contribution in [2.24, 2.45) is 0 Å². The molecular weight excluding hydrogens is 198 g/mol. The van der Waals surface area contributed by atoms with Crippen molar-refractivity contribution in [3.63, 3.8) is 0 Å². The first kappa shape index (κ1) is 9.79. The lowest BCUT2D eigenvalue weighted by Gasteiger charge is -2.23. The Kier molecular flexibility index (Phi) is 6.05. The highest BCUT2D eigenvalue weighted by atomic mass is 79.9. The van der Waals surface area contributed by atoms with Gasteiger partial charge in [-0.3, -0.25) is 0 Å². The number of hydrogen-bond acceptors (Lipinski definition) is 1. The van der Waals surface area contributed by atoms with Gasteiger partial charge in [-0.2, -0.15) is 12.5 Å². The van der Waals surface area contributed by atoms with E-state index in [2.05, 4.69) is 21.1 Å². The van der Waals surface area contributed by atoms with Crippen molar-refractivity contribution in [2.75, 3.05) is 33.4 Å². The summed E-state index contributed by atoms with van der Waals surface area (Å²) in [6, 6.07) is 0. The van der Waals surface area contributed by atoms with Crippen molar-refractivity contribution in [1.29, 1.82) is 1.12 Å². The molecule has 0 N–H and O–H groups in total. The number of quaternary nitrogens is 1. The molecule has 0 spiro atoms. The number of halogens is 1. The lowest BCUT2D eigenvalue weighted by molar-refractivity contribution is -0.870. The molecule has 1 nitrogen and oxygen atoms in total. The monoisotopic (exact) mass is 215 g/mol. The van der Waals surface area contributed by atoms with E-state index in [1.165, 1.54) is 19.1 Å². The maximum Gasteiger partial charge on any atom is 0.102 e. The van der Waals surface area contributed by atoms with Crippen LogP contribution in [0.5, 0.6) is 0 Å². The summed E-state index contributed by atoms with van der Waals surface area (Å²) in [5.74, 6) is 0.968. The summed E-state index contributed by atoms with van der Waals surface area (Å²) in [6.45, 7) is 1.17. The van der Waals surface area contributed by atoms with Crippen LogP contribution in [0.15, 0.2) is 0 Å². The van der Waals surface area contributed by atoms with Crippen LogP contribution in [-0.2, 0) is 0 Å². The minimum atomic E-state index is 0. The highest BCUT2D eigenvalue weighted by Crippen LogP contribution is 1.93. The molecule has 0 saturated carbocycles. The molecule has 0 saturated heterocycles. The Balaban J connectivity index is 0. The van der Waals surface area contributed by atoms with Crippen molar-refractivity contribution < 1.29 is 21.5 Å². The number of rotatable bonds is 4. The zero-order valence-electron chi connectivity index (χ0n) is 7.35.